The second kappa shape index (κ2) is 7.82. The summed E-state index contributed by atoms with van der Waals surface area (Å²) in [6.45, 7) is 2.14. The first-order valence-corrected chi connectivity index (χ1v) is 6.17. The number of amides is 1. The Hall–Kier alpha value is -1.42. The molecule has 0 aliphatic heterocycles. The van der Waals surface area contributed by atoms with E-state index in [2.05, 4.69) is 26.1 Å². The van der Waals surface area contributed by atoms with Crippen molar-refractivity contribution >= 4 is 21.8 Å². The fourth-order valence-electron chi connectivity index (χ4n) is 1.19. The third kappa shape index (κ3) is 4.45. The van der Waals surface area contributed by atoms with Gasteiger partial charge in [0.05, 0.1) is 18.2 Å². The van der Waals surface area contributed by atoms with Crippen molar-refractivity contribution in [1.82, 2.24) is 5.32 Å². The van der Waals surface area contributed by atoms with Crippen LogP contribution >= 0.6 is 15.9 Å². The van der Waals surface area contributed by atoms with E-state index >= 15 is 0 Å². The molecule has 0 aliphatic rings. The van der Waals surface area contributed by atoms with Crippen LogP contribution in [0.4, 0.5) is 0 Å². The van der Waals surface area contributed by atoms with Crippen LogP contribution in [-0.2, 0) is 9.78 Å². The number of hydrogen-bond acceptors (Lipinski definition) is 4. The number of nitrogens with zero attached hydrogens (tertiary/aromatic N) is 1. The molecule has 1 rings (SSSR count). The summed E-state index contributed by atoms with van der Waals surface area (Å²) >= 11 is 3.27. The average molecular weight is 313 g/mol. The summed E-state index contributed by atoms with van der Waals surface area (Å²) in [4.78, 5) is 21.3. The molecular formula is C12H13BrN2O3. The lowest BCUT2D eigenvalue weighted by atomic mass is 10.2. The van der Waals surface area contributed by atoms with Crippen LogP contribution in [0.15, 0.2) is 28.7 Å². The molecule has 0 saturated carbocycles. The second-order valence-electron chi connectivity index (χ2n) is 3.33. The van der Waals surface area contributed by atoms with Gasteiger partial charge in [-0.3, -0.25) is 4.79 Å². The Balaban J connectivity index is 2.58. The highest BCUT2D eigenvalue weighted by Crippen LogP contribution is 2.15. The zero-order chi connectivity index (χ0) is 13.4. The van der Waals surface area contributed by atoms with Crippen molar-refractivity contribution in [1.29, 1.82) is 5.26 Å². The zero-order valence-electron chi connectivity index (χ0n) is 9.85. The van der Waals surface area contributed by atoms with Crippen molar-refractivity contribution in [2.75, 3.05) is 13.2 Å². The highest BCUT2D eigenvalue weighted by molar-refractivity contribution is 9.10. The molecule has 0 aliphatic carbocycles. The van der Waals surface area contributed by atoms with E-state index in [-0.39, 0.29) is 12.5 Å². The van der Waals surface area contributed by atoms with Gasteiger partial charge >= 0.3 is 0 Å². The van der Waals surface area contributed by atoms with Gasteiger partial charge in [0.25, 0.3) is 5.91 Å². The quantitative estimate of drug-likeness (QED) is 0.495. The van der Waals surface area contributed by atoms with Crippen molar-refractivity contribution in [2.45, 2.75) is 13.0 Å². The highest BCUT2D eigenvalue weighted by Gasteiger charge is 2.15. The molecule has 0 fully saturated rings. The summed E-state index contributed by atoms with van der Waals surface area (Å²) in [6, 6.07) is 8.15. The summed E-state index contributed by atoms with van der Waals surface area (Å²) in [7, 11) is 0. The van der Waals surface area contributed by atoms with Gasteiger partial charge in [-0.05, 0) is 35.0 Å². The predicted molar refractivity (Wildman–Crippen MR) is 68.6 cm³/mol. The fourth-order valence-corrected chi connectivity index (χ4v) is 1.66. The summed E-state index contributed by atoms with van der Waals surface area (Å²) in [5.74, 6) is -0.339. The molecule has 18 heavy (non-hydrogen) atoms. The molecule has 0 radical (unpaired) electrons. The van der Waals surface area contributed by atoms with Crippen molar-refractivity contribution < 1.29 is 14.6 Å². The van der Waals surface area contributed by atoms with Crippen LogP contribution in [0.25, 0.3) is 0 Å². The predicted octanol–water partition coefficient (Wildman–Crippen LogP) is 2.04. The monoisotopic (exact) mass is 312 g/mol. The van der Waals surface area contributed by atoms with E-state index in [0.29, 0.717) is 16.6 Å². The summed E-state index contributed by atoms with van der Waals surface area (Å²) in [5.41, 5.74) is 0.467. The molecule has 0 saturated heterocycles. The Bertz CT molecular complexity index is 445. The molecule has 0 aromatic heterocycles. The van der Waals surface area contributed by atoms with E-state index in [9.17, 15) is 4.79 Å². The maximum Gasteiger partial charge on any atom is 0.253 e. The van der Waals surface area contributed by atoms with Crippen molar-refractivity contribution in [3.63, 3.8) is 0 Å². The minimum atomic E-state index is -0.754. The number of nitrogens with one attached hydrogen (secondary N) is 1. The molecular weight excluding hydrogens is 300 g/mol. The van der Waals surface area contributed by atoms with Crippen LogP contribution in [0.2, 0.25) is 0 Å². The van der Waals surface area contributed by atoms with Gasteiger partial charge in [-0.1, -0.05) is 12.1 Å². The van der Waals surface area contributed by atoms with E-state index in [1.807, 2.05) is 6.07 Å². The number of halogens is 1. The Morgan fingerprint density at radius 1 is 1.50 bits per heavy atom. The van der Waals surface area contributed by atoms with Crippen LogP contribution in [0, 0.1) is 11.3 Å². The van der Waals surface area contributed by atoms with Gasteiger partial charge in [0.2, 0.25) is 0 Å². The number of rotatable bonds is 6. The Morgan fingerprint density at radius 3 is 2.83 bits per heavy atom. The van der Waals surface area contributed by atoms with E-state index < -0.39 is 6.04 Å². The van der Waals surface area contributed by atoms with Gasteiger partial charge in [-0.15, -0.1) is 0 Å². The van der Waals surface area contributed by atoms with Crippen LogP contribution in [0.3, 0.4) is 0 Å². The first kappa shape index (κ1) is 14.6. The van der Waals surface area contributed by atoms with Crippen molar-refractivity contribution in [2.24, 2.45) is 0 Å². The van der Waals surface area contributed by atoms with Gasteiger partial charge in [-0.25, -0.2) is 9.78 Å². The van der Waals surface area contributed by atoms with Gasteiger partial charge in [0.15, 0.2) is 0 Å². The molecule has 1 unspecified atom stereocenters. The summed E-state index contributed by atoms with van der Waals surface area (Å²) < 4.78 is 0.671. The van der Waals surface area contributed by atoms with Gasteiger partial charge in [0.1, 0.15) is 12.6 Å². The van der Waals surface area contributed by atoms with Crippen molar-refractivity contribution in [3.8, 4) is 6.07 Å². The van der Waals surface area contributed by atoms with Crippen LogP contribution < -0.4 is 5.32 Å². The molecule has 1 atom stereocenters. The molecule has 1 N–H and O–H groups in total. The van der Waals surface area contributed by atoms with Gasteiger partial charge in [-0.2, -0.15) is 5.26 Å². The van der Waals surface area contributed by atoms with Crippen LogP contribution in [0.5, 0.6) is 0 Å². The lowest BCUT2D eigenvalue weighted by Gasteiger charge is -2.11. The first-order chi connectivity index (χ1) is 8.69. The number of nitriles is 1. The zero-order valence-corrected chi connectivity index (χ0v) is 11.4. The lowest BCUT2D eigenvalue weighted by Crippen LogP contribution is -2.37. The SMILES string of the molecule is CCOOCC(C#N)NC(=O)c1ccccc1Br. The molecule has 6 heteroatoms. The average Bonchev–Trinajstić information content (AvgIpc) is 2.38. The summed E-state index contributed by atoms with van der Waals surface area (Å²) in [5, 5.41) is 11.4. The third-order valence-corrected chi connectivity index (χ3v) is 2.71. The van der Waals surface area contributed by atoms with Crippen LogP contribution in [-0.4, -0.2) is 25.2 Å². The summed E-state index contributed by atoms with van der Waals surface area (Å²) in [6.07, 6.45) is 0. The van der Waals surface area contributed by atoms with Crippen LogP contribution in [0.1, 0.15) is 17.3 Å². The molecule has 0 heterocycles. The Labute approximate surface area is 114 Å². The maximum absolute atomic E-state index is 11.9. The fraction of sp³-hybridized carbons (Fsp3) is 0.333. The standard InChI is InChI=1S/C12H13BrN2O3/c1-2-17-18-8-9(7-14)15-12(16)10-5-3-4-6-11(10)13/h3-6,9H,2,8H2,1H3,(H,15,16). The number of benzene rings is 1. The van der Waals surface area contributed by atoms with E-state index in [4.69, 9.17) is 10.1 Å². The first-order valence-electron chi connectivity index (χ1n) is 5.38. The minimum Gasteiger partial charge on any atom is -0.334 e. The van der Waals surface area contributed by atoms with E-state index in [1.54, 1.807) is 31.2 Å². The third-order valence-electron chi connectivity index (χ3n) is 2.02. The molecule has 1 amide bonds. The number of hydrogen-bond donors (Lipinski definition) is 1. The lowest BCUT2D eigenvalue weighted by molar-refractivity contribution is -0.292. The molecule has 1 aromatic carbocycles. The molecule has 0 spiro atoms. The number of carbonyl (C=O) groups excluding carboxylic acids is 1. The van der Waals surface area contributed by atoms with E-state index in [1.165, 1.54) is 0 Å². The largest absolute Gasteiger partial charge is 0.334 e. The number of carbonyl (C=O) groups is 1. The van der Waals surface area contributed by atoms with Gasteiger partial charge in [0, 0.05) is 4.47 Å². The minimum absolute atomic E-state index is 0.0134. The molecule has 96 valence electrons. The van der Waals surface area contributed by atoms with E-state index in [0.717, 1.165) is 0 Å². The van der Waals surface area contributed by atoms with Gasteiger partial charge < -0.3 is 5.32 Å². The Morgan fingerprint density at radius 2 is 2.22 bits per heavy atom. The topological polar surface area (TPSA) is 71.3 Å². The van der Waals surface area contributed by atoms with Crippen molar-refractivity contribution in [3.05, 3.63) is 34.3 Å². The Kier molecular flexibility index (Phi) is 6.36. The maximum atomic E-state index is 11.9. The molecule has 1 aromatic rings. The normalized spacial score (nSPS) is 11.6. The second-order valence-corrected chi connectivity index (χ2v) is 4.18. The highest BCUT2D eigenvalue weighted by atomic mass is 79.9. The smallest absolute Gasteiger partial charge is 0.253 e. The molecule has 0 bridgehead atoms. The molecule has 5 nitrogen and oxygen atoms in total.